The number of hydrogen-bond acceptors (Lipinski definition) is 4. The van der Waals surface area contributed by atoms with Crippen LogP contribution in [0.25, 0.3) is 0 Å². The summed E-state index contributed by atoms with van der Waals surface area (Å²) in [6.07, 6.45) is 3.92. The third kappa shape index (κ3) is 5.52. The van der Waals surface area contributed by atoms with E-state index in [1.807, 2.05) is 28.6 Å². The molecular formula is C15H24N2O2S2. The fraction of sp³-hybridized carbons (Fsp3) is 0.667. The van der Waals surface area contributed by atoms with Crippen LogP contribution in [0.15, 0.2) is 16.8 Å². The van der Waals surface area contributed by atoms with Crippen molar-refractivity contribution in [3.05, 3.63) is 22.4 Å². The molecular weight excluding hydrogens is 304 g/mol. The number of aliphatic hydroxyl groups is 1. The molecule has 2 rings (SSSR count). The Labute approximate surface area is 134 Å². The fourth-order valence-electron chi connectivity index (χ4n) is 2.67. The molecule has 1 heterocycles. The molecule has 3 N–H and O–H groups in total. The molecule has 0 bridgehead atoms. The molecule has 21 heavy (non-hydrogen) atoms. The standard InChI is InChI=1S/C15H24N2O2S2/c1-2-21-13-5-3-4-12(8-13)17-15(19)16-9-14(18)11-6-7-20-10-11/h6-7,10,12-14,18H,2-5,8-9H2,1H3,(H2,16,17,19)/t12-,13+,14+/m1/s1. The van der Waals surface area contributed by atoms with Crippen molar-refractivity contribution < 1.29 is 9.90 Å². The minimum atomic E-state index is -0.628. The number of amides is 2. The van der Waals surface area contributed by atoms with Gasteiger partial charge in [-0.15, -0.1) is 0 Å². The van der Waals surface area contributed by atoms with E-state index in [1.54, 1.807) is 11.3 Å². The molecule has 3 atom stereocenters. The summed E-state index contributed by atoms with van der Waals surface area (Å²) in [5.74, 6) is 1.14. The first kappa shape index (κ1) is 16.6. The number of carbonyl (C=O) groups is 1. The summed E-state index contributed by atoms with van der Waals surface area (Å²) in [4.78, 5) is 11.9. The zero-order valence-electron chi connectivity index (χ0n) is 12.4. The van der Waals surface area contributed by atoms with Crippen LogP contribution in [-0.2, 0) is 0 Å². The van der Waals surface area contributed by atoms with E-state index in [2.05, 4.69) is 17.6 Å². The van der Waals surface area contributed by atoms with Crippen molar-refractivity contribution in [1.82, 2.24) is 10.6 Å². The van der Waals surface area contributed by atoms with Gasteiger partial charge in [-0.1, -0.05) is 13.3 Å². The van der Waals surface area contributed by atoms with Crippen molar-refractivity contribution in [3.63, 3.8) is 0 Å². The highest BCUT2D eigenvalue weighted by Crippen LogP contribution is 2.28. The molecule has 118 valence electrons. The Morgan fingerprint density at radius 3 is 3.14 bits per heavy atom. The maximum Gasteiger partial charge on any atom is 0.315 e. The molecule has 1 aromatic rings. The minimum absolute atomic E-state index is 0.170. The Balaban J connectivity index is 1.69. The molecule has 1 aliphatic carbocycles. The van der Waals surface area contributed by atoms with Crippen LogP contribution in [0.1, 0.15) is 44.3 Å². The molecule has 0 aliphatic heterocycles. The van der Waals surface area contributed by atoms with Crippen molar-refractivity contribution in [2.45, 2.75) is 50.0 Å². The lowest BCUT2D eigenvalue weighted by atomic mass is 9.95. The smallest absolute Gasteiger partial charge is 0.315 e. The zero-order chi connectivity index (χ0) is 15.1. The minimum Gasteiger partial charge on any atom is -0.387 e. The van der Waals surface area contributed by atoms with Gasteiger partial charge in [-0.3, -0.25) is 0 Å². The van der Waals surface area contributed by atoms with Gasteiger partial charge < -0.3 is 15.7 Å². The average Bonchev–Trinajstić information content (AvgIpc) is 3.00. The second-order valence-electron chi connectivity index (χ2n) is 5.37. The van der Waals surface area contributed by atoms with Crippen molar-refractivity contribution in [1.29, 1.82) is 0 Å². The highest BCUT2D eigenvalue weighted by molar-refractivity contribution is 7.99. The first-order valence-corrected chi connectivity index (χ1v) is 9.54. The van der Waals surface area contributed by atoms with E-state index in [9.17, 15) is 9.90 Å². The molecule has 0 spiro atoms. The van der Waals surface area contributed by atoms with Gasteiger partial charge in [0, 0.05) is 17.8 Å². The number of nitrogens with one attached hydrogen (secondary N) is 2. The van der Waals surface area contributed by atoms with Crippen LogP contribution in [0, 0.1) is 0 Å². The highest BCUT2D eigenvalue weighted by Gasteiger charge is 2.23. The predicted molar refractivity (Wildman–Crippen MR) is 90.0 cm³/mol. The summed E-state index contributed by atoms with van der Waals surface area (Å²) < 4.78 is 0. The number of hydrogen-bond donors (Lipinski definition) is 3. The lowest BCUT2D eigenvalue weighted by Crippen LogP contribution is -2.45. The Kier molecular flexibility index (Phi) is 6.86. The SMILES string of the molecule is CCS[C@H]1CCC[C@@H](NC(=O)NC[C@H](O)c2ccsc2)C1. The number of rotatable bonds is 6. The van der Waals surface area contributed by atoms with E-state index in [4.69, 9.17) is 0 Å². The van der Waals surface area contributed by atoms with Gasteiger partial charge in [0.15, 0.2) is 0 Å². The Bertz CT molecular complexity index is 423. The summed E-state index contributed by atoms with van der Waals surface area (Å²) in [5.41, 5.74) is 0.859. The first-order valence-electron chi connectivity index (χ1n) is 7.55. The van der Waals surface area contributed by atoms with Crippen molar-refractivity contribution in [2.24, 2.45) is 0 Å². The van der Waals surface area contributed by atoms with Crippen molar-refractivity contribution in [2.75, 3.05) is 12.3 Å². The quantitative estimate of drug-likeness (QED) is 0.752. The van der Waals surface area contributed by atoms with Crippen LogP contribution in [0.2, 0.25) is 0 Å². The van der Waals surface area contributed by atoms with Crippen molar-refractivity contribution >= 4 is 29.1 Å². The lowest BCUT2D eigenvalue weighted by Gasteiger charge is -2.29. The normalized spacial score (nSPS) is 23.5. The van der Waals surface area contributed by atoms with E-state index in [-0.39, 0.29) is 18.6 Å². The zero-order valence-corrected chi connectivity index (χ0v) is 14.0. The van der Waals surface area contributed by atoms with Crippen LogP contribution < -0.4 is 10.6 Å². The van der Waals surface area contributed by atoms with Gasteiger partial charge in [0.1, 0.15) is 0 Å². The number of aliphatic hydroxyl groups excluding tert-OH is 1. The number of thiophene rings is 1. The molecule has 0 radical (unpaired) electrons. The first-order chi connectivity index (χ1) is 10.2. The Morgan fingerprint density at radius 2 is 2.43 bits per heavy atom. The Hall–Kier alpha value is -0.720. The van der Waals surface area contributed by atoms with Crippen LogP contribution >= 0.6 is 23.1 Å². The monoisotopic (exact) mass is 328 g/mol. The molecule has 0 aromatic carbocycles. The summed E-state index contributed by atoms with van der Waals surface area (Å²) in [5, 5.41) is 20.2. The van der Waals surface area contributed by atoms with E-state index in [0.29, 0.717) is 5.25 Å². The molecule has 1 aliphatic rings. The Morgan fingerprint density at radius 1 is 1.57 bits per heavy atom. The number of thioether (sulfide) groups is 1. The molecule has 2 amide bonds. The molecule has 6 heteroatoms. The second-order valence-corrected chi connectivity index (χ2v) is 7.73. The topological polar surface area (TPSA) is 61.4 Å². The maximum atomic E-state index is 11.9. The van der Waals surface area contributed by atoms with E-state index >= 15 is 0 Å². The molecule has 0 saturated heterocycles. The van der Waals surface area contributed by atoms with Gasteiger partial charge in [0.25, 0.3) is 0 Å². The van der Waals surface area contributed by atoms with Crippen LogP contribution in [0.3, 0.4) is 0 Å². The van der Waals surface area contributed by atoms with E-state index < -0.39 is 6.10 Å². The lowest BCUT2D eigenvalue weighted by molar-refractivity contribution is 0.172. The van der Waals surface area contributed by atoms with Gasteiger partial charge in [-0.05, 0) is 47.4 Å². The van der Waals surface area contributed by atoms with Crippen LogP contribution in [-0.4, -0.2) is 34.7 Å². The maximum absolute atomic E-state index is 11.9. The molecule has 1 saturated carbocycles. The van der Waals surface area contributed by atoms with E-state index in [1.165, 1.54) is 12.8 Å². The van der Waals surface area contributed by atoms with Crippen molar-refractivity contribution in [3.8, 4) is 0 Å². The van der Waals surface area contributed by atoms with Gasteiger partial charge in [-0.2, -0.15) is 23.1 Å². The predicted octanol–water partition coefficient (Wildman–Crippen LogP) is 3.15. The summed E-state index contributed by atoms with van der Waals surface area (Å²) >= 11 is 3.53. The van der Waals surface area contributed by atoms with E-state index in [0.717, 1.165) is 24.2 Å². The number of urea groups is 1. The summed E-state index contributed by atoms with van der Waals surface area (Å²) in [6.45, 7) is 2.43. The number of carbonyl (C=O) groups excluding carboxylic acids is 1. The highest BCUT2D eigenvalue weighted by atomic mass is 32.2. The molecule has 0 unspecified atom stereocenters. The fourth-order valence-corrected chi connectivity index (χ4v) is 4.55. The third-order valence-electron chi connectivity index (χ3n) is 3.75. The summed E-state index contributed by atoms with van der Waals surface area (Å²) in [7, 11) is 0. The third-order valence-corrected chi connectivity index (χ3v) is 5.68. The van der Waals surface area contributed by atoms with Gasteiger partial charge in [-0.25, -0.2) is 4.79 Å². The molecule has 1 fully saturated rings. The molecule has 4 nitrogen and oxygen atoms in total. The van der Waals surface area contributed by atoms with Gasteiger partial charge in [0.05, 0.1) is 6.10 Å². The average molecular weight is 329 g/mol. The van der Waals surface area contributed by atoms with Gasteiger partial charge >= 0.3 is 6.03 Å². The van der Waals surface area contributed by atoms with Crippen LogP contribution in [0.5, 0.6) is 0 Å². The summed E-state index contributed by atoms with van der Waals surface area (Å²) in [6, 6.07) is 1.97. The van der Waals surface area contributed by atoms with Crippen LogP contribution in [0.4, 0.5) is 4.79 Å². The van der Waals surface area contributed by atoms with Gasteiger partial charge in [0.2, 0.25) is 0 Å². The second kappa shape index (κ2) is 8.66. The largest absolute Gasteiger partial charge is 0.387 e. The molecule has 1 aromatic heterocycles.